The molecule has 1 amide bonds. The number of halogens is 3. The van der Waals surface area contributed by atoms with E-state index in [-0.39, 0.29) is 5.02 Å². The summed E-state index contributed by atoms with van der Waals surface area (Å²) in [6.07, 6.45) is 1.24. The molecule has 2 N–H and O–H groups in total. The summed E-state index contributed by atoms with van der Waals surface area (Å²) in [5, 5.41) is 0.597. The summed E-state index contributed by atoms with van der Waals surface area (Å²) in [7, 11) is -3.97. The second-order valence-corrected chi connectivity index (χ2v) is 8.64. The molecule has 0 heterocycles. The Morgan fingerprint density at radius 1 is 1.12 bits per heavy atom. The first-order valence-corrected chi connectivity index (χ1v) is 9.83. The highest BCUT2D eigenvalue weighted by molar-refractivity contribution is 9.10. The van der Waals surface area contributed by atoms with Gasteiger partial charge in [0.25, 0.3) is 5.91 Å². The quantitative estimate of drug-likeness (QED) is 0.696. The van der Waals surface area contributed by atoms with Crippen LogP contribution in [0.25, 0.3) is 6.08 Å². The number of primary amides is 1. The molecule has 0 radical (unpaired) electrons. The van der Waals surface area contributed by atoms with Crippen LogP contribution in [0.3, 0.4) is 0 Å². The SMILES string of the molecule is NC(=O)/C(=C\c1ccc(Br)cc1)S(=O)(=O)Cc1ccc(Cl)cc1Cl. The van der Waals surface area contributed by atoms with Crippen LogP contribution in [0.4, 0.5) is 0 Å². The van der Waals surface area contributed by atoms with E-state index in [1.807, 2.05) is 0 Å². The van der Waals surface area contributed by atoms with Gasteiger partial charge < -0.3 is 5.73 Å². The number of hydrogen-bond donors (Lipinski definition) is 1. The third kappa shape index (κ3) is 4.83. The molecule has 0 aliphatic rings. The van der Waals surface area contributed by atoms with Crippen LogP contribution in [0.1, 0.15) is 11.1 Å². The van der Waals surface area contributed by atoms with Gasteiger partial charge >= 0.3 is 0 Å². The summed E-state index contributed by atoms with van der Waals surface area (Å²) in [6, 6.07) is 11.3. The maximum absolute atomic E-state index is 12.6. The molecule has 0 bridgehead atoms. The lowest BCUT2D eigenvalue weighted by Gasteiger charge is -2.08. The van der Waals surface area contributed by atoms with Gasteiger partial charge in [0.2, 0.25) is 0 Å². The van der Waals surface area contributed by atoms with Gasteiger partial charge in [0, 0.05) is 14.5 Å². The normalized spacial score (nSPS) is 12.2. The zero-order valence-electron chi connectivity index (χ0n) is 12.2. The molecule has 0 aliphatic heterocycles. The van der Waals surface area contributed by atoms with E-state index in [9.17, 15) is 13.2 Å². The van der Waals surface area contributed by atoms with Crippen LogP contribution in [-0.2, 0) is 20.4 Å². The molecule has 2 aromatic rings. The molecule has 2 aromatic carbocycles. The third-order valence-electron chi connectivity index (χ3n) is 3.11. The van der Waals surface area contributed by atoms with Gasteiger partial charge in [0.1, 0.15) is 4.91 Å². The number of rotatable bonds is 5. The molecule has 0 atom stereocenters. The van der Waals surface area contributed by atoms with Crippen LogP contribution >= 0.6 is 39.1 Å². The number of carbonyl (C=O) groups is 1. The standard InChI is InChI=1S/C16H12BrCl2NO3S/c17-12-4-1-10(2-5-12)7-15(16(20)21)24(22,23)9-11-3-6-13(18)8-14(11)19/h1-8H,9H2,(H2,20,21)/b15-7+. The fourth-order valence-corrected chi connectivity index (χ4v) is 4.20. The van der Waals surface area contributed by atoms with Gasteiger partial charge in [0.05, 0.1) is 5.75 Å². The van der Waals surface area contributed by atoms with Gasteiger partial charge in [-0.3, -0.25) is 4.79 Å². The van der Waals surface area contributed by atoms with Crippen LogP contribution in [0.2, 0.25) is 10.0 Å². The van der Waals surface area contributed by atoms with Crippen molar-refractivity contribution in [1.82, 2.24) is 0 Å². The summed E-state index contributed by atoms with van der Waals surface area (Å²) >= 11 is 15.1. The lowest BCUT2D eigenvalue weighted by atomic mass is 10.2. The zero-order chi connectivity index (χ0) is 17.9. The Hall–Kier alpha value is -1.34. The minimum Gasteiger partial charge on any atom is -0.365 e. The monoisotopic (exact) mass is 447 g/mol. The minimum atomic E-state index is -3.97. The van der Waals surface area contributed by atoms with Crippen LogP contribution in [0.5, 0.6) is 0 Å². The smallest absolute Gasteiger partial charge is 0.260 e. The van der Waals surface area contributed by atoms with Crippen LogP contribution in [0.15, 0.2) is 51.8 Å². The topological polar surface area (TPSA) is 77.2 Å². The predicted molar refractivity (Wildman–Crippen MR) is 100 cm³/mol. The van der Waals surface area contributed by atoms with Crippen molar-refractivity contribution in [2.75, 3.05) is 0 Å². The lowest BCUT2D eigenvalue weighted by Crippen LogP contribution is -2.22. The molecule has 0 fully saturated rings. The number of carbonyl (C=O) groups excluding carboxylic acids is 1. The van der Waals surface area contributed by atoms with E-state index < -0.39 is 26.4 Å². The second kappa shape index (κ2) is 7.70. The molecule has 0 saturated heterocycles. The van der Waals surface area contributed by atoms with E-state index >= 15 is 0 Å². The van der Waals surface area contributed by atoms with Crippen molar-refractivity contribution >= 4 is 61.0 Å². The Kier molecular flexibility index (Phi) is 6.09. The summed E-state index contributed by atoms with van der Waals surface area (Å²) in [4.78, 5) is 11.2. The summed E-state index contributed by atoms with van der Waals surface area (Å²) < 4.78 is 26.0. The van der Waals surface area contributed by atoms with Crippen molar-refractivity contribution in [3.8, 4) is 0 Å². The highest BCUT2D eigenvalue weighted by Crippen LogP contribution is 2.25. The molecule has 0 spiro atoms. The number of amides is 1. The number of sulfone groups is 1. The Balaban J connectivity index is 2.42. The molecule has 8 heteroatoms. The lowest BCUT2D eigenvalue weighted by molar-refractivity contribution is -0.113. The average molecular weight is 449 g/mol. The molecular formula is C16H12BrCl2NO3S. The van der Waals surface area contributed by atoms with Gasteiger partial charge in [-0.1, -0.05) is 57.3 Å². The van der Waals surface area contributed by atoms with Gasteiger partial charge in [-0.25, -0.2) is 8.42 Å². The van der Waals surface area contributed by atoms with Crippen molar-refractivity contribution in [1.29, 1.82) is 0 Å². The molecule has 0 aromatic heterocycles. The van der Waals surface area contributed by atoms with Gasteiger partial charge in [-0.15, -0.1) is 0 Å². The first-order valence-electron chi connectivity index (χ1n) is 6.63. The van der Waals surface area contributed by atoms with Crippen molar-refractivity contribution in [3.63, 3.8) is 0 Å². The average Bonchev–Trinajstić information content (AvgIpc) is 2.49. The number of nitrogens with two attached hydrogens (primary N) is 1. The van der Waals surface area contributed by atoms with E-state index in [0.29, 0.717) is 16.1 Å². The number of benzene rings is 2. The molecule has 126 valence electrons. The van der Waals surface area contributed by atoms with E-state index in [2.05, 4.69) is 15.9 Å². The highest BCUT2D eigenvalue weighted by Gasteiger charge is 2.24. The summed E-state index contributed by atoms with van der Waals surface area (Å²) in [6.45, 7) is 0. The predicted octanol–water partition coefficient (Wildman–Crippen LogP) is 4.20. The van der Waals surface area contributed by atoms with E-state index in [1.54, 1.807) is 24.3 Å². The molecule has 0 saturated carbocycles. The van der Waals surface area contributed by atoms with Gasteiger partial charge in [-0.2, -0.15) is 0 Å². The first kappa shape index (κ1) is 19.0. The minimum absolute atomic E-state index is 0.207. The highest BCUT2D eigenvalue weighted by atomic mass is 79.9. The Morgan fingerprint density at radius 3 is 2.29 bits per heavy atom. The third-order valence-corrected chi connectivity index (χ3v) is 5.90. The molecule has 0 aliphatic carbocycles. The van der Waals surface area contributed by atoms with Crippen molar-refractivity contribution in [2.24, 2.45) is 5.73 Å². The van der Waals surface area contributed by atoms with E-state index in [1.165, 1.54) is 24.3 Å². The second-order valence-electron chi connectivity index (χ2n) is 4.92. The molecule has 0 unspecified atom stereocenters. The van der Waals surface area contributed by atoms with Crippen molar-refractivity contribution in [2.45, 2.75) is 5.75 Å². The maximum Gasteiger partial charge on any atom is 0.260 e. The van der Waals surface area contributed by atoms with Gasteiger partial charge in [-0.05, 0) is 41.5 Å². The van der Waals surface area contributed by atoms with Crippen molar-refractivity contribution in [3.05, 3.63) is 73.0 Å². The van der Waals surface area contributed by atoms with E-state index in [4.69, 9.17) is 28.9 Å². The largest absolute Gasteiger partial charge is 0.365 e. The first-order chi connectivity index (χ1) is 11.2. The fourth-order valence-electron chi connectivity index (χ4n) is 1.95. The van der Waals surface area contributed by atoms with Crippen LogP contribution in [0, 0.1) is 0 Å². The van der Waals surface area contributed by atoms with Crippen LogP contribution < -0.4 is 5.73 Å². The Labute approximate surface area is 158 Å². The Morgan fingerprint density at radius 2 is 1.75 bits per heavy atom. The Bertz CT molecular complexity index is 909. The molecule has 2 rings (SSSR count). The number of hydrogen-bond acceptors (Lipinski definition) is 3. The molecule has 4 nitrogen and oxygen atoms in total. The summed E-state index contributed by atoms with van der Waals surface area (Å²) in [5.41, 5.74) is 6.14. The van der Waals surface area contributed by atoms with Crippen molar-refractivity contribution < 1.29 is 13.2 Å². The molecule has 24 heavy (non-hydrogen) atoms. The maximum atomic E-state index is 12.6. The van der Waals surface area contributed by atoms with E-state index in [0.717, 1.165) is 4.47 Å². The zero-order valence-corrected chi connectivity index (χ0v) is 16.1. The molecular weight excluding hydrogens is 437 g/mol. The van der Waals surface area contributed by atoms with Gasteiger partial charge in [0.15, 0.2) is 9.84 Å². The fraction of sp³-hybridized carbons (Fsp3) is 0.0625. The van der Waals surface area contributed by atoms with Crippen LogP contribution in [-0.4, -0.2) is 14.3 Å². The summed E-state index contributed by atoms with van der Waals surface area (Å²) in [5.74, 6) is -1.48.